The Hall–Kier alpha value is -5.04. The van der Waals surface area contributed by atoms with E-state index in [0.29, 0.717) is 69.6 Å². The number of carbonyl (C=O) groups excluding carboxylic acids is 1. The van der Waals surface area contributed by atoms with Crippen LogP contribution in [0.2, 0.25) is 5.02 Å². The predicted molar refractivity (Wildman–Crippen MR) is 181 cm³/mol. The quantitative estimate of drug-likeness (QED) is 0.0996. The average Bonchev–Trinajstić information content (AvgIpc) is 3.04. The number of anilines is 1. The van der Waals surface area contributed by atoms with Crippen LogP contribution in [0.1, 0.15) is 43.5 Å². The Bertz CT molecular complexity index is 1890. The zero-order chi connectivity index (χ0) is 32.8. The standard InChI is InChI=1S/C32H32Cl2N10O2/c1-19-3-2-4-28(43-18-41-24(15-30(43)45)23-14-21(33)5-6-27(23)44(37)17-29(34)35)25-13-20(7-12-39-25)31(36)26(42-32(19)46)16-40-22-8-10-38-11-9-22/h5-19,28H,2-4,35-37H2,1H3,(H,42,46)/b29-17-,31-26?,40-16?. The Morgan fingerprint density at radius 1 is 1.09 bits per heavy atom. The summed E-state index contributed by atoms with van der Waals surface area (Å²) >= 11 is 12.1. The third-order valence-electron chi connectivity index (χ3n) is 7.50. The molecule has 0 radical (unpaired) electrons. The summed E-state index contributed by atoms with van der Waals surface area (Å²) in [5.74, 6) is 5.63. The van der Waals surface area contributed by atoms with E-state index in [-0.39, 0.29) is 22.5 Å². The first-order valence-corrected chi connectivity index (χ1v) is 15.1. The number of amides is 1. The van der Waals surface area contributed by atoms with E-state index in [0.717, 1.165) is 0 Å². The van der Waals surface area contributed by atoms with Gasteiger partial charge in [-0.25, -0.2) is 10.8 Å². The van der Waals surface area contributed by atoms with E-state index in [2.05, 4.69) is 25.3 Å². The molecule has 0 saturated carbocycles. The largest absolute Gasteiger partial charge is 0.397 e. The molecule has 12 nitrogen and oxygen atoms in total. The molecule has 1 aliphatic rings. The van der Waals surface area contributed by atoms with Gasteiger partial charge in [0.25, 0.3) is 5.56 Å². The minimum absolute atomic E-state index is 0.0283. The molecule has 1 aromatic carbocycles. The van der Waals surface area contributed by atoms with Crippen LogP contribution < -0.4 is 33.2 Å². The number of fused-ring (bicyclic) bond motifs is 2. The molecule has 2 bridgehead atoms. The number of pyridine rings is 2. The van der Waals surface area contributed by atoms with Crippen molar-refractivity contribution >= 4 is 52.4 Å². The number of nitrogens with one attached hydrogen (secondary N) is 1. The maximum Gasteiger partial charge on any atom is 0.254 e. The number of nitrogens with two attached hydrogens (primary N) is 3. The Balaban J connectivity index is 1.56. The van der Waals surface area contributed by atoms with Crippen molar-refractivity contribution in [3.8, 4) is 11.3 Å². The van der Waals surface area contributed by atoms with Crippen molar-refractivity contribution in [3.63, 3.8) is 0 Å². The molecule has 46 heavy (non-hydrogen) atoms. The fraction of sp³-hybridized carbons (Fsp3) is 0.188. The predicted octanol–water partition coefficient (Wildman–Crippen LogP) is 4.59. The van der Waals surface area contributed by atoms with Gasteiger partial charge in [0.2, 0.25) is 5.91 Å². The second-order valence-electron chi connectivity index (χ2n) is 10.7. The third kappa shape index (κ3) is 7.60. The summed E-state index contributed by atoms with van der Waals surface area (Å²) in [6.07, 6.45) is 10.9. The van der Waals surface area contributed by atoms with Gasteiger partial charge in [-0.15, -0.1) is 0 Å². The third-order valence-corrected chi connectivity index (χ3v) is 7.83. The van der Waals surface area contributed by atoms with Gasteiger partial charge < -0.3 is 16.8 Å². The van der Waals surface area contributed by atoms with Crippen LogP contribution in [-0.2, 0) is 4.79 Å². The monoisotopic (exact) mass is 658 g/mol. The maximum atomic E-state index is 13.7. The van der Waals surface area contributed by atoms with Crippen molar-refractivity contribution in [1.29, 1.82) is 0 Å². The highest BCUT2D eigenvalue weighted by Crippen LogP contribution is 2.32. The van der Waals surface area contributed by atoms with Crippen LogP contribution in [-0.4, -0.2) is 31.6 Å². The van der Waals surface area contributed by atoms with Crippen LogP contribution in [0.15, 0.2) is 100 Å². The summed E-state index contributed by atoms with van der Waals surface area (Å²) in [6.45, 7) is 1.85. The fourth-order valence-electron chi connectivity index (χ4n) is 5.06. The number of hydrogen-bond acceptors (Lipinski definition) is 10. The molecule has 0 aliphatic carbocycles. The van der Waals surface area contributed by atoms with Crippen LogP contribution in [0.25, 0.3) is 17.0 Å². The zero-order valence-corrected chi connectivity index (χ0v) is 26.4. The lowest BCUT2D eigenvalue weighted by atomic mass is 9.97. The van der Waals surface area contributed by atoms with Crippen LogP contribution in [0, 0.1) is 5.92 Å². The smallest absolute Gasteiger partial charge is 0.254 e. The number of benzene rings is 1. The van der Waals surface area contributed by atoms with Gasteiger partial charge in [0, 0.05) is 46.7 Å². The van der Waals surface area contributed by atoms with Gasteiger partial charge in [0.1, 0.15) is 5.16 Å². The molecule has 7 N–H and O–H groups in total. The van der Waals surface area contributed by atoms with Crippen molar-refractivity contribution in [3.05, 3.63) is 117 Å². The van der Waals surface area contributed by atoms with Crippen molar-refractivity contribution in [2.45, 2.75) is 32.2 Å². The summed E-state index contributed by atoms with van der Waals surface area (Å²) < 4.78 is 1.53. The normalized spacial score (nSPS) is 17.7. The van der Waals surface area contributed by atoms with Crippen LogP contribution in [0.5, 0.6) is 0 Å². The van der Waals surface area contributed by atoms with Crippen molar-refractivity contribution in [1.82, 2.24) is 24.8 Å². The molecule has 0 spiro atoms. The van der Waals surface area contributed by atoms with E-state index in [1.807, 2.05) is 13.0 Å². The number of rotatable bonds is 6. The van der Waals surface area contributed by atoms with Crippen LogP contribution in [0.4, 0.5) is 11.4 Å². The van der Waals surface area contributed by atoms with Gasteiger partial charge in [0.05, 0.1) is 58.9 Å². The maximum absolute atomic E-state index is 13.7. The molecule has 2 unspecified atom stereocenters. The molecule has 4 aromatic rings. The highest BCUT2D eigenvalue weighted by atomic mass is 35.5. The van der Waals surface area contributed by atoms with Gasteiger partial charge in [-0.2, -0.15) is 0 Å². The van der Waals surface area contributed by atoms with Gasteiger partial charge in [-0.05, 0) is 55.3 Å². The SMILES string of the molecule is CC1CCCC(n2cnc(-c3cc(Cl)ccc3N(N)/C=C(\N)Cl)cc2=O)c2cc(ccn2)C(N)=C(C=Nc2ccncc2)NC1=O. The number of aliphatic imine (C=N–C) groups is 1. The van der Waals surface area contributed by atoms with Crippen molar-refractivity contribution < 1.29 is 4.79 Å². The second kappa shape index (κ2) is 14.4. The summed E-state index contributed by atoms with van der Waals surface area (Å²) in [5, 5.41) is 4.57. The van der Waals surface area contributed by atoms with Crippen LogP contribution >= 0.6 is 23.2 Å². The van der Waals surface area contributed by atoms with Crippen molar-refractivity contribution in [2.75, 3.05) is 5.01 Å². The Labute approximate surface area is 275 Å². The average molecular weight is 660 g/mol. The molecular weight excluding hydrogens is 627 g/mol. The lowest BCUT2D eigenvalue weighted by molar-refractivity contribution is -0.123. The van der Waals surface area contributed by atoms with E-state index in [4.69, 9.17) is 40.5 Å². The zero-order valence-electron chi connectivity index (χ0n) is 24.8. The van der Waals surface area contributed by atoms with Gasteiger partial charge in [-0.3, -0.25) is 34.1 Å². The number of hydrogen-bond donors (Lipinski definition) is 4. The molecule has 3 aromatic heterocycles. The molecular formula is C32H32Cl2N10O2. The minimum atomic E-state index is -0.491. The van der Waals surface area contributed by atoms with Gasteiger partial charge >= 0.3 is 0 Å². The number of carbonyl (C=O) groups is 1. The van der Waals surface area contributed by atoms with Crippen LogP contribution in [0.3, 0.4) is 0 Å². The second-order valence-corrected chi connectivity index (χ2v) is 11.6. The highest BCUT2D eigenvalue weighted by Gasteiger charge is 2.23. The Morgan fingerprint density at radius 2 is 1.87 bits per heavy atom. The molecule has 2 atom stereocenters. The molecule has 1 amide bonds. The first-order chi connectivity index (χ1) is 22.1. The molecule has 4 heterocycles. The minimum Gasteiger partial charge on any atom is -0.397 e. The first-order valence-electron chi connectivity index (χ1n) is 14.4. The summed E-state index contributed by atoms with van der Waals surface area (Å²) in [7, 11) is 0. The number of aromatic nitrogens is 4. The lowest BCUT2D eigenvalue weighted by Gasteiger charge is -2.23. The van der Waals surface area contributed by atoms with E-state index >= 15 is 0 Å². The first kappa shape index (κ1) is 32.4. The van der Waals surface area contributed by atoms with E-state index in [9.17, 15) is 9.59 Å². The van der Waals surface area contributed by atoms with Gasteiger partial charge in [-0.1, -0.05) is 36.5 Å². The summed E-state index contributed by atoms with van der Waals surface area (Å²) in [5.41, 5.74) is 15.8. The van der Waals surface area contributed by atoms with E-state index in [1.54, 1.807) is 55.0 Å². The lowest BCUT2D eigenvalue weighted by Crippen LogP contribution is -2.32. The van der Waals surface area contributed by atoms with E-state index < -0.39 is 6.04 Å². The van der Waals surface area contributed by atoms with Gasteiger partial charge in [0.15, 0.2) is 0 Å². The summed E-state index contributed by atoms with van der Waals surface area (Å²) in [4.78, 5) is 44.6. The Kier molecular flexibility index (Phi) is 10.1. The summed E-state index contributed by atoms with van der Waals surface area (Å²) in [6, 6.07) is 12.9. The molecule has 0 saturated heterocycles. The highest BCUT2D eigenvalue weighted by molar-refractivity contribution is 6.31. The van der Waals surface area contributed by atoms with E-state index in [1.165, 1.54) is 34.4 Å². The fourth-order valence-corrected chi connectivity index (χ4v) is 5.34. The molecule has 5 rings (SSSR count). The topological polar surface area (TPSA) is 183 Å². The number of halogens is 2. The number of nitrogens with zero attached hydrogens (tertiary/aromatic N) is 6. The molecule has 0 fully saturated rings. The van der Waals surface area contributed by atoms with Crippen molar-refractivity contribution in [2.24, 2.45) is 28.2 Å². The molecule has 236 valence electrons. The number of allylic oxidation sites excluding steroid dienone is 1. The molecule has 14 heteroatoms. The number of hydrazine groups is 1. The Morgan fingerprint density at radius 3 is 2.61 bits per heavy atom. The molecule has 1 aliphatic heterocycles.